The van der Waals surface area contributed by atoms with Crippen LogP contribution in [0, 0.1) is 6.92 Å². The largest absolute Gasteiger partial charge is 0.481 e. The monoisotopic (exact) mass is 316 g/mol. The molecule has 122 valence electrons. The predicted octanol–water partition coefficient (Wildman–Crippen LogP) is 2.61. The van der Waals surface area contributed by atoms with Gasteiger partial charge in [0.25, 0.3) is 5.56 Å². The van der Waals surface area contributed by atoms with Gasteiger partial charge >= 0.3 is 5.97 Å². The maximum atomic E-state index is 12.3. The molecule has 0 amide bonds. The van der Waals surface area contributed by atoms with Crippen LogP contribution >= 0.6 is 0 Å². The Bertz CT molecular complexity index is 745. The van der Waals surface area contributed by atoms with Crippen LogP contribution in [-0.4, -0.2) is 21.5 Å². The zero-order valence-corrected chi connectivity index (χ0v) is 13.7. The number of aryl methyl sites for hydroxylation is 1. The standard InChI is InChI=1S/C17H20N2O4/c1-11-18-13(16(21)23-17(2,3)4)14(15(20)19-11)22-10-12-8-6-5-7-9-12/h5-9H,10H2,1-4H3,(H,18,19,20). The maximum absolute atomic E-state index is 12.3. The lowest BCUT2D eigenvalue weighted by molar-refractivity contribution is 0.00573. The van der Waals surface area contributed by atoms with E-state index in [1.54, 1.807) is 27.7 Å². The van der Waals surface area contributed by atoms with Gasteiger partial charge in [0.1, 0.15) is 18.0 Å². The normalized spacial score (nSPS) is 11.1. The van der Waals surface area contributed by atoms with Gasteiger partial charge in [0.2, 0.25) is 5.75 Å². The summed E-state index contributed by atoms with van der Waals surface area (Å²) in [5.41, 5.74) is -0.430. The summed E-state index contributed by atoms with van der Waals surface area (Å²) in [5.74, 6) is -0.494. The molecule has 1 heterocycles. The molecule has 1 aromatic carbocycles. The van der Waals surface area contributed by atoms with Crippen molar-refractivity contribution in [3.05, 3.63) is 57.8 Å². The minimum atomic E-state index is -0.689. The molecule has 0 atom stereocenters. The maximum Gasteiger partial charge on any atom is 0.361 e. The number of rotatable bonds is 4. The zero-order chi connectivity index (χ0) is 17.0. The molecule has 0 fully saturated rings. The molecule has 1 aromatic heterocycles. The third-order valence-electron chi connectivity index (χ3n) is 2.81. The number of ether oxygens (including phenoxy) is 2. The average Bonchev–Trinajstić information content (AvgIpc) is 2.45. The Morgan fingerprint density at radius 2 is 1.87 bits per heavy atom. The van der Waals surface area contributed by atoms with Gasteiger partial charge in [-0.05, 0) is 33.3 Å². The predicted molar refractivity (Wildman–Crippen MR) is 85.5 cm³/mol. The van der Waals surface area contributed by atoms with E-state index in [4.69, 9.17) is 9.47 Å². The number of aromatic nitrogens is 2. The molecule has 2 aromatic rings. The number of nitrogens with zero attached hydrogens (tertiary/aromatic N) is 1. The number of carbonyl (C=O) groups is 1. The van der Waals surface area contributed by atoms with Crippen molar-refractivity contribution in [2.24, 2.45) is 0 Å². The molecular weight excluding hydrogens is 296 g/mol. The van der Waals surface area contributed by atoms with E-state index >= 15 is 0 Å². The molecule has 0 aliphatic heterocycles. The number of aromatic amines is 1. The van der Waals surface area contributed by atoms with Gasteiger partial charge in [0.05, 0.1) is 0 Å². The van der Waals surface area contributed by atoms with Gasteiger partial charge in [0, 0.05) is 0 Å². The van der Waals surface area contributed by atoms with E-state index in [9.17, 15) is 9.59 Å². The molecule has 0 unspecified atom stereocenters. The molecule has 2 rings (SSSR count). The summed E-state index contributed by atoms with van der Waals surface area (Å²) in [6.45, 7) is 6.99. The smallest absolute Gasteiger partial charge is 0.361 e. The fourth-order valence-electron chi connectivity index (χ4n) is 1.90. The quantitative estimate of drug-likeness (QED) is 0.877. The van der Waals surface area contributed by atoms with Crippen molar-refractivity contribution < 1.29 is 14.3 Å². The van der Waals surface area contributed by atoms with E-state index in [2.05, 4.69) is 9.97 Å². The second-order valence-electron chi connectivity index (χ2n) is 6.11. The Balaban J connectivity index is 2.31. The SMILES string of the molecule is Cc1nc(C(=O)OC(C)(C)C)c(OCc2ccccc2)c(=O)[nH]1. The molecule has 0 saturated heterocycles. The summed E-state index contributed by atoms with van der Waals surface area (Å²) in [6.07, 6.45) is 0. The highest BCUT2D eigenvalue weighted by molar-refractivity contribution is 5.90. The Kier molecular flexibility index (Phi) is 4.83. The number of benzene rings is 1. The first-order chi connectivity index (χ1) is 10.8. The van der Waals surface area contributed by atoms with E-state index in [1.807, 2.05) is 30.3 Å². The number of hydrogen-bond donors (Lipinski definition) is 1. The zero-order valence-electron chi connectivity index (χ0n) is 13.7. The summed E-state index contributed by atoms with van der Waals surface area (Å²) in [6, 6.07) is 9.35. The molecule has 0 bridgehead atoms. The fourth-order valence-corrected chi connectivity index (χ4v) is 1.90. The van der Waals surface area contributed by atoms with E-state index in [0.29, 0.717) is 5.82 Å². The van der Waals surface area contributed by atoms with E-state index in [0.717, 1.165) is 5.56 Å². The first-order valence-electron chi connectivity index (χ1n) is 7.27. The summed E-state index contributed by atoms with van der Waals surface area (Å²) >= 11 is 0. The second kappa shape index (κ2) is 6.64. The lowest BCUT2D eigenvalue weighted by atomic mass is 10.2. The second-order valence-corrected chi connectivity index (χ2v) is 6.11. The van der Waals surface area contributed by atoms with Crippen molar-refractivity contribution in [3.8, 4) is 5.75 Å². The number of carbonyl (C=O) groups excluding carboxylic acids is 1. The summed E-state index contributed by atoms with van der Waals surface area (Å²) in [4.78, 5) is 31.0. The lowest BCUT2D eigenvalue weighted by Gasteiger charge is -2.20. The first kappa shape index (κ1) is 16.7. The Labute approximate surface area is 134 Å². The van der Waals surface area contributed by atoms with Gasteiger partial charge < -0.3 is 14.5 Å². The minimum absolute atomic E-state index is 0.114. The number of H-pyrrole nitrogens is 1. The van der Waals surface area contributed by atoms with Crippen LogP contribution in [0.15, 0.2) is 35.1 Å². The fraction of sp³-hybridized carbons (Fsp3) is 0.353. The van der Waals surface area contributed by atoms with Crippen molar-refractivity contribution in [1.29, 1.82) is 0 Å². The lowest BCUT2D eigenvalue weighted by Crippen LogP contribution is -2.27. The van der Waals surface area contributed by atoms with Crippen LogP contribution in [0.25, 0.3) is 0 Å². The van der Waals surface area contributed by atoms with Crippen LogP contribution in [0.4, 0.5) is 0 Å². The van der Waals surface area contributed by atoms with Gasteiger partial charge in [-0.3, -0.25) is 4.79 Å². The molecule has 0 saturated carbocycles. The Hall–Kier alpha value is -2.63. The highest BCUT2D eigenvalue weighted by Crippen LogP contribution is 2.17. The third kappa shape index (κ3) is 4.67. The van der Waals surface area contributed by atoms with Crippen LogP contribution in [-0.2, 0) is 11.3 Å². The third-order valence-corrected chi connectivity index (χ3v) is 2.81. The molecule has 0 aliphatic carbocycles. The van der Waals surface area contributed by atoms with Gasteiger partial charge in [-0.25, -0.2) is 9.78 Å². The Morgan fingerprint density at radius 3 is 2.48 bits per heavy atom. The first-order valence-corrected chi connectivity index (χ1v) is 7.27. The molecular formula is C17H20N2O4. The molecule has 0 radical (unpaired) electrons. The highest BCUT2D eigenvalue weighted by atomic mass is 16.6. The van der Waals surface area contributed by atoms with Crippen LogP contribution in [0.3, 0.4) is 0 Å². The van der Waals surface area contributed by atoms with Crippen LogP contribution in [0.5, 0.6) is 5.75 Å². The van der Waals surface area contributed by atoms with Crippen LogP contribution in [0.2, 0.25) is 0 Å². The number of nitrogens with one attached hydrogen (secondary N) is 1. The molecule has 0 aliphatic rings. The van der Waals surface area contributed by atoms with Crippen LogP contribution in [0.1, 0.15) is 42.6 Å². The van der Waals surface area contributed by atoms with Crippen molar-refractivity contribution in [2.75, 3.05) is 0 Å². The van der Waals surface area contributed by atoms with Crippen molar-refractivity contribution in [2.45, 2.75) is 39.9 Å². The van der Waals surface area contributed by atoms with Crippen molar-refractivity contribution >= 4 is 5.97 Å². The van der Waals surface area contributed by atoms with Gasteiger partial charge in [-0.15, -0.1) is 0 Å². The van der Waals surface area contributed by atoms with Gasteiger partial charge in [0.15, 0.2) is 5.69 Å². The molecule has 0 spiro atoms. The summed E-state index contributed by atoms with van der Waals surface area (Å²) < 4.78 is 10.8. The molecule has 6 nitrogen and oxygen atoms in total. The molecule has 6 heteroatoms. The van der Waals surface area contributed by atoms with Crippen LogP contribution < -0.4 is 10.3 Å². The molecule has 23 heavy (non-hydrogen) atoms. The Morgan fingerprint density at radius 1 is 1.22 bits per heavy atom. The highest BCUT2D eigenvalue weighted by Gasteiger charge is 2.25. The topological polar surface area (TPSA) is 81.3 Å². The molecule has 1 N–H and O–H groups in total. The van der Waals surface area contributed by atoms with E-state index in [-0.39, 0.29) is 18.1 Å². The summed E-state index contributed by atoms with van der Waals surface area (Å²) in [7, 11) is 0. The number of hydrogen-bond acceptors (Lipinski definition) is 5. The van der Waals surface area contributed by atoms with Gasteiger partial charge in [-0.2, -0.15) is 0 Å². The summed E-state index contributed by atoms with van der Waals surface area (Å²) in [5, 5.41) is 0. The van der Waals surface area contributed by atoms with E-state index < -0.39 is 17.1 Å². The van der Waals surface area contributed by atoms with Gasteiger partial charge in [-0.1, -0.05) is 30.3 Å². The average molecular weight is 316 g/mol. The minimum Gasteiger partial charge on any atom is -0.481 e. The van der Waals surface area contributed by atoms with E-state index in [1.165, 1.54) is 0 Å². The van der Waals surface area contributed by atoms with Crippen molar-refractivity contribution in [3.63, 3.8) is 0 Å². The van der Waals surface area contributed by atoms with Crippen molar-refractivity contribution in [1.82, 2.24) is 9.97 Å². The number of esters is 1.